The summed E-state index contributed by atoms with van der Waals surface area (Å²) in [6, 6.07) is 27.3. The molecule has 0 spiro atoms. The second kappa shape index (κ2) is 9.91. The highest BCUT2D eigenvalue weighted by Crippen LogP contribution is 2.28. The molecule has 0 saturated heterocycles. The van der Waals surface area contributed by atoms with Crippen molar-refractivity contribution in [2.75, 3.05) is 11.4 Å². The van der Waals surface area contributed by atoms with E-state index < -0.39 is 0 Å². The van der Waals surface area contributed by atoms with Crippen molar-refractivity contribution in [3.8, 4) is 11.1 Å². The first-order chi connectivity index (χ1) is 17.1. The van der Waals surface area contributed by atoms with Crippen molar-refractivity contribution in [3.05, 3.63) is 114 Å². The zero-order valence-electron chi connectivity index (χ0n) is 19.6. The van der Waals surface area contributed by atoms with E-state index in [0.717, 1.165) is 33.3 Å². The van der Waals surface area contributed by atoms with Crippen LogP contribution in [0.5, 0.6) is 0 Å². The van der Waals surface area contributed by atoms with E-state index in [1.807, 2.05) is 79.9 Å². The number of rotatable bonds is 7. The minimum atomic E-state index is -0.237. The summed E-state index contributed by atoms with van der Waals surface area (Å²) in [5.41, 5.74) is 12.9. The van der Waals surface area contributed by atoms with Crippen LogP contribution in [0.1, 0.15) is 21.6 Å². The van der Waals surface area contributed by atoms with Gasteiger partial charge in [-0.05, 0) is 54.8 Å². The van der Waals surface area contributed by atoms with Gasteiger partial charge in [0, 0.05) is 41.0 Å². The van der Waals surface area contributed by atoms with E-state index in [1.165, 1.54) is 0 Å². The van der Waals surface area contributed by atoms with Crippen molar-refractivity contribution in [3.63, 3.8) is 0 Å². The fourth-order valence-electron chi connectivity index (χ4n) is 4.31. The summed E-state index contributed by atoms with van der Waals surface area (Å²) in [6.07, 6.45) is 4.21. The highest BCUT2D eigenvalue weighted by atomic mass is 16.2. The van der Waals surface area contributed by atoms with Crippen LogP contribution >= 0.6 is 0 Å². The Morgan fingerprint density at radius 3 is 2.46 bits per heavy atom. The number of carbonyl (C=O) groups excluding carboxylic acids is 1. The van der Waals surface area contributed by atoms with Gasteiger partial charge >= 0.3 is 0 Å². The van der Waals surface area contributed by atoms with E-state index in [0.29, 0.717) is 24.2 Å². The second-order valence-electron chi connectivity index (χ2n) is 8.74. The third-order valence-electron chi connectivity index (χ3n) is 6.14. The number of nitrogens with two attached hydrogens (primary N) is 1. The van der Waals surface area contributed by atoms with Crippen LogP contribution < -0.4 is 10.6 Å². The van der Waals surface area contributed by atoms with Crippen LogP contribution in [0.2, 0.25) is 0 Å². The molecule has 1 amide bonds. The fraction of sp³-hybridized carbons (Fsp3) is 0.138. The lowest BCUT2D eigenvalue weighted by molar-refractivity contribution is 0.0985. The summed E-state index contributed by atoms with van der Waals surface area (Å²) >= 11 is 0. The molecular weight excluding hydrogens is 434 g/mol. The van der Waals surface area contributed by atoms with Crippen molar-refractivity contribution in [1.82, 2.24) is 15.2 Å². The number of carbonyl (C=O) groups is 1. The normalized spacial score (nSPS) is 11.9. The summed E-state index contributed by atoms with van der Waals surface area (Å²) in [5.74, 6) is -0.103. The lowest BCUT2D eigenvalue weighted by Crippen LogP contribution is -2.42. The molecule has 5 aromatic rings. The maximum absolute atomic E-state index is 13.6. The van der Waals surface area contributed by atoms with Gasteiger partial charge in [-0.15, -0.1) is 0 Å². The van der Waals surface area contributed by atoms with E-state index in [9.17, 15) is 4.79 Å². The van der Waals surface area contributed by atoms with Gasteiger partial charge in [0.15, 0.2) is 0 Å². The highest BCUT2D eigenvalue weighted by Gasteiger charge is 2.21. The molecule has 0 bridgehead atoms. The lowest BCUT2D eigenvalue weighted by Gasteiger charge is -2.26. The molecular formula is C29H27N5O. The summed E-state index contributed by atoms with van der Waals surface area (Å²) in [7, 11) is 0. The summed E-state index contributed by atoms with van der Waals surface area (Å²) in [6.45, 7) is 2.37. The van der Waals surface area contributed by atoms with Gasteiger partial charge in [0.2, 0.25) is 0 Å². The maximum atomic E-state index is 13.6. The highest BCUT2D eigenvalue weighted by molar-refractivity contribution is 6.06. The molecule has 0 aliphatic heterocycles. The van der Waals surface area contributed by atoms with Crippen molar-refractivity contribution in [2.45, 2.75) is 19.4 Å². The van der Waals surface area contributed by atoms with E-state index in [4.69, 9.17) is 5.73 Å². The van der Waals surface area contributed by atoms with Crippen LogP contribution in [0.25, 0.3) is 22.0 Å². The molecule has 0 radical (unpaired) electrons. The third kappa shape index (κ3) is 4.98. The molecule has 2 heterocycles. The molecule has 0 aliphatic rings. The van der Waals surface area contributed by atoms with Crippen molar-refractivity contribution in [2.24, 2.45) is 5.73 Å². The number of H-pyrrole nitrogens is 1. The number of anilines is 1. The molecule has 3 N–H and O–H groups in total. The number of hydrogen-bond acceptors (Lipinski definition) is 4. The molecule has 5 rings (SSSR count). The second-order valence-corrected chi connectivity index (χ2v) is 8.74. The minimum absolute atomic E-state index is 0.103. The van der Waals surface area contributed by atoms with Crippen LogP contribution in [-0.2, 0) is 6.42 Å². The lowest BCUT2D eigenvalue weighted by atomic mass is 10.0. The van der Waals surface area contributed by atoms with Gasteiger partial charge < -0.3 is 10.6 Å². The number of hydrogen-bond donors (Lipinski definition) is 2. The van der Waals surface area contributed by atoms with Crippen LogP contribution in [0.3, 0.4) is 0 Å². The molecule has 6 heteroatoms. The number of aromatic amines is 1. The van der Waals surface area contributed by atoms with Gasteiger partial charge in [0.05, 0.1) is 17.4 Å². The Morgan fingerprint density at radius 1 is 0.943 bits per heavy atom. The number of nitrogens with one attached hydrogen (secondary N) is 1. The third-order valence-corrected chi connectivity index (χ3v) is 6.14. The number of benzene rings is 3. The summed E-state index contributed by atoms with van der Waals surface area (Å²) in [5, 5.41) is 8.41. The number of fused-ring (bicyclic) bond motifs is 1. The first kappa shape index (κ1) is 22.5. The van der Waals surface area contributed by atoms with Crippen molar-refractivity contribution < 1.29 is 4.79 Å². The van der Waals surface area contributed by atoms with Gasteiger partial charge in [0.25, 0.3) is 5.91 Å². The molecule has 1 atom stereocenters. The number of amides is 1. The van der Waals surface area contributed by atoms with E-state index in [2.05, 4.69) is 33.4 Å². The quantitative estimate of drug-likeness (QED) is 0.351. The Bertz CT molecular complexity index is 1450. The Hall–Kier alpha value is -4.29. The van der Waals surface area contributed by atoms with Crippen LogP contribution in [0, 0.1) is 6.92 Å². The van der Waals surface area contributed by atoms with Crippen LogP contribution in [0.15, 0.2) is 97.3 Å². The molecule has 0 aliphatic carbocycles. The predicted octanol–water partition coefficient (Wildman–Crippen LogP) is 5.15. The maximum Gasteiger partial charge on any atom is 0.258 e. The van der Waals surface area contributed by atoms with Gasteiger partial charge in [-0.25, -0.2) is 0 Å². The zero-order chi connectivity index (χ0) is 24.2. The average Bonchev–Trinajstić information content (AvgIpc) is 3.28. The van der Waals surface area contributed by atoms with Crippen molar-refractivity contribution >= 4 is 22.5 Å². The Balaban J connectivity index is 1.49. The standard InChI is InChI=1S/C29H27N5O/c1-20-27-16-23(12-13-28(27)33-32-20)24-15-26(18-31-17-24)34(29(35)22-10-6-3-7-11-22)19-25(30)14-21-8-4-2-5-9-21/h2-13,15-18,25H,14,19,30H2,1H3,(H,32,33). The molecule has 0 fully saturated rings. The molecule has 35 heavy (non-hydrogen) atoms. The summed E-state index contributed by atoms with van der Waals surface area (Å²) in [4.78, 5) is 19.8. The van der Waals surface area contributed by atoms with Crippen LogP contribution in [0.4, 0.5) is 5.69 Å². The van der Waals surface area contributed by atoms with Crippen LogP contribution in [-0.4, -0.2) is 33.7 Å². The minimum Gasteiger partial charge on any atom is -0.326 e. The smallest absolute Gasteiger partial charge is 0.258 e. The average molecular weight is 462 g/mol. The summed E-state index contributed by atoms with van der Waals surface area (Å²) < 4.78 is 0. The number of nitrogens with zero attached hydrogens (tertiary/aromatic N) is 3. The molecule has 1 unspecified atom stereocenters. The Kier molecular flexibility index (Phi) is 6.37. The fourth-order valence-corrected chi connectivity index (χ4v) is 4.31. The topological polar surface area (TPSA) is 87.9 Å². The first-order valence-corrected chi connectivity index (χ1v) is 11.6. The van der Waals surface area contributed by atoms with Gasteiger partial charge in [0.1, 0.15) is 0 Å². The molecule has 174 valence electrons. The molecule has 2 aromatic heterocycles. The monoisotopic (exact) mass is 461 g/mol. The van der Waals surface area contributed by atoms with Gasteiger partial charge in [-0.2, -0.15) is 5.10 Å². The SMILES string of the molecule is Cc1[nH]nc2ccc(-c3cncc(N(CC(N)Cc4ccccc4)C(=O)c4ccccc4)c3)cc12. The van der Waals surface area contributed by atoms with E-state index in [1.54, 1.807) is 11.1 Å². The van der Waals surface area contributed by atoms with E-state index >= 15 is 0 Å². The number of aryl methyl sites for hydroxylation is 1. The van der Waals surface area contributed by atoms with Crippen molar-refractivity contribution in [1.29, 1.82) is 0 Å². The largest absolute Gasteiger partial charge is 0.326 e. The molecule has 3 aromatic carbocycles. The van der Waals surface area contributed by atoms with Gasteiger partial charge in [-0.3, -0.25) is 14.9 Å². The molecule has 6 nitrogen and oxygen atoms in total. The van der Waals surface area contributed by atoms with E-state index in [-0.39, 0.29) is 11.9 Å². The molecule has 0 saturated carbocycles. The predicted molar refractivity (Wildman–Crippen MR) is 140 cm³/mol. The number of aromatic nitrogens is 3. The number of pyridine rings is 1. The Labute approximate surface area is 204 Å². The zero-order valence-corrected chi connectivity index (χ0v) is 19.6. The Morgan fingerprint density at radius 2 is 1.69 bits per heavy atom. The first-order valence-electron chi connectivity index (χ1n) is 11.6. The van der Waals surface area contributed by atoms with Gasteiger partial charge in [-0.1, -0.05) is 54.6 Å².